The average Bonchev–Trinajstić information content (AvgIpc) is 2.52. The minimum atomic E-state index is -0.793. The molecule has 0 radical (unpaired) electrons. The first kappa shape index (κ1) is 14.2. The number of halogens is 2. The lowest BCUT2D eigenvalue weighted by Gasteiger charge is -2.36. The summed E-state index contributed by atoms with van der Waals surface area (Å²) in [6.45, 7) is 3.29. The largest absolute Gasteiger partial charge is 0.314 e. The van der Waals surface area contributed by atoms with Crippen molar-refractivity contribution >= 4 is 0 Å². The number of benzene rings is 2. The topological polar surface area (TPSA) is 15.3 Å². The van der Waals surface area contributed by atoms with E-state index in [1.165, 1.54) is 17.7 Å². The van der Waals surface area contributed by atoms with Crippen molar-refractivity contribution in [1.29, 1.82) is 0 Å². The summed E-state index contributed by atoms with van der Waals surface area (Å²) in [7, 11) is 0. The average molecular weight is 288 g/mol. The fraction of sp³-hybridized carbons (Fsp3) is 0.294. The van der Waals surface area contributed by atoms with Crippen LogP contribution >= 0.6 is 0 Å². The molecule has 1 aliphatic heterocycles. The van der Waals surface area contributed by atoms with E-state index in [0.717, 1.165) is 25.2 Å². The summed E-state index contributed by atoms with van der Waals surface area (Å²) in [5.41, 5.74) is 2.05. The molecule has 1 N–H and O–H groups in total. The van der Waals surface area contributed by atoms with Gasteiger partial charge >= 0.3 is 0 Å². The Morgan fingerprint density at radius 2 is 1.86 bits per heavy atom. The molecule has 1 fully saturated rings. The van der Waals surface area contributed by atoms with Gasteiger partial charge in [0, 0.05) is 32.2 Å². The Morgan fingerprint density at radius 3 is 2.62 bits per heavy atom. The molecule has 1 aliphatic rings. The van der Waals surface area contributed by atoms with Gasteiger partial charge in [-0.1, -0.05) is 36.4 Å². The van der Waals surface area contributed by atoms with Gasteiger partial charge in [0.15, 0.2) is 11.6 Å². The molecule has 0 aromatic heterocycles. The molecule has 3 rings (SSSR count). The number of hydrogen-bond donors (Lipinski definition) is 1. The molecule has 0 saturated carbocycles. The summed E-state index contributed by atoms with van der Waals surface area (Å²) in [5, 5.41) is 3.39. The summed E-state index contributed by atoms with van der Waals surface area (Å²) >= 11 is 0. The van der Waals surface area contributed by atoms with Crippen molar-refractivity contribution in [2.24, 2.45) is 0 Å². The van der Waals surface area contributed by atoms with Gasteiger partial charge in [0.2, 0.25) is 0 Å². The van der Waals surface area contributed by atoms with E-state index in [1.807, 2.05) is 18.2 Å². The van der Waals surface area contributed by atoms with Crippen LogP contribution in [0.5, 0.6) is 0 Å². The zero-order chi connectivity index (χ0) is 14.7. The van der Waals surface area contributed by atoms with E-state index in [0.29, 0.717) is 6.54 Å². The third-order valence-electron chi connectivity index (χ3n) is 3.91. The molecule has 0 amide bonds. The Labute approximate surface area is 123 Å². The molecular formula is C17H18F2N2. The summed E-state index contributed by atoms with van der Waals surface area (Å²) < 4.78 is 26.4. The first-order valence-corrected chi connectivity index (χ1v) is 7.17. The standard InChI is InChI=1S/C17H18F2N2/c18-15-7-6-13(10-16(15)19)12-21-9-8-20-11-17(21)14-4-2-1-3-5-14/h1-7,10,17,20H,8-9,11-12H2. The molecule has 21 heavy (non-hydrogen) atoms. The van der Waals surface area contributed by atoms with Crippen LogP contribution in [-0.2, 0) is 6.54 Å². The molecular weight excluding hydrogens is 270 g/mol. The van der Waals surface area contributed by atoms with Crippen LogP contribution in [0.1, 0.15) is 17.2 Å². The van der Waals surface area contributed by atoms with Crippen LogP contribution in [0.15, 0.2) is 48.5 Å². The Balaban J connectivity index is 1.79. The minimum absolute atomic E-state index is 0.257. The van der Waals surface area contributed by atoms with Gasteiger partial charge in [-0.2, -0.15) is 0 Å². The van der Waals surface area contributed by atoms with Gasteiger partial charge in [-0.15, -0.1) is 0 Å². The van der Waals surface area contributed by atoms with E-state index < -0.39 is 11.6 Å². The molecule has 1 atom stereocenters. The summed E-state index contributed by atoms with van der Waals surface area (Å²) in [5.74, 6) is -1.57. The molecule has 2 aromatic rings. The van der Waals surface area contributed by atoms with Gasteiger partial charge in [-0.25, -0.2) is 8.78 Å². The highest BCUT2D eigenvalue weighted by Crippen LogP contribution is 2.24. The first-order chi connectivity index (χ1) is 10.2. The molecule has 1 saturated heterocycles. The van der Waals surface area contributed by atoms with Crippen molar-refractivity contribution in [3.05, 3.63) is 71.3 Å². The van der Waals surface area contributed by atoms with Crippen molar-refractivity contribution in [3.63, 3.8) is 0 Å². The number of piperazine rings is 1. The quantitative estimate of drug-likeness (QED) is 0.933. The lowest BCUT2D eigenvalue weighted by Crippen LogP contribution is -2.45. The molecule has 0 spiro atoms. The highest BCUT2D eigenvalue weighted by molar-refractivity contribution is 5.22. The van der Waals surface area contributed by atoms with E-state index in [-0.39, 0.29) is 6.04 Å². The van der Waals surface area contributed by atoms with E-state index >= 15 is 0 Å². The van der Waals surface area contributed by atoms with Crippen LogP contribution in [0.3, 0.4) is 0 Å². The Morgan fingerprint density at radius 1 is 1.05 bits per heavy atom. The molecule has 110 valence electrons. The maximum atomic E-state index is 13.3. The van der Waals surface area contributed by atoms with Crippen molar-refractivity contribution in [2.45, 2.75) is 12.6 Å². The number of nitrogens with one attached hydrogen (secondary N) is 1. The van der Waals surface area contributed by atoms with Gasteiger partial charge in [-0.05, 0) is 23.3 Å². The van der Waals surface area contributed by atoms with E-state index in [9.17, 15) is 8.78 Å². The second-order valence-electron chi connectivity index (χ2n) is 5.35. The number of rotatable bonds is 3. The lowest BCUT2D eigenvalue weighted by molar-refractivity contribution is 0.153. The fourth-order valence-electron chi connectivity index (χ4n) is 2.81. The van der Waals surface area contributed by atoms with Crippen molar-refractivity contribution in [2.75, 3.05) is 19.6 Å². The van der Waals surface area contributed by atoms with Crippen LogP contribution in [0.2, 0.25) is 0 Å². The SMILES string of the molecule is Fc1ccc(CN2CCNCC2c2ccccc2)cc1F. The molecule has 0 bridgehead atoms. The molecule has 1 heterocycles. The third kappa shape index (κ3) is 3.28. The van der Waals surface area contributed by atoms with Gasteiger partial charge < -0.3 is 5.32 Å². The Hall–Kier alpha value is -1.78. The van der Waals surface area contributed by atoms with Gasteiger partial charge in [-0.3, -0.25) is 4.90 Å². The predicted molar refractivity (Wildman–Crippen MR) is 78.8 cm³/mol. The van der Waals surface area contributed by atoms with E-state index in [2.05, 4.69) is 22.3 Å². The normalized spacial score (nSPS) is 19.6. The second-order valence-corrected chi connectivity index (χ2v) is 5.35. The van der Waals surface area contributed by atoms with Crippen LogP contribution in [-0.4, -0.2) is 24.5 Å². The molecule has 4 heteroatoms. The molecule has 0 aliphatic carbocycles. The van der Waals surface area contributed by atoms with Gasteiger partial charge in [0.25, 0.3) is 0 Å². The third-order valence-corrected chi connectivity index (χ3v) is 3.91. The zero-order valence-electron chi connectivity index (χ0n) is 11.7. The molecule has 2 aromatic carbocycles. The smallest absolute Gasteiger partial charge is 0.159 e. The van der Waals surface area contributed by atoms with Gasteiger partial charge in [0.05, 0.1) is 0 Å². The van der Waals surface area contributed by atoms with Crippen molar-refractivity contribution in [1.82, 2.24) is 10.2 Å². The molecule has 2 nitrogen and oxygen atoms in total. The van der Waals surface area contributed by atoms with Gasteiger partial charge in [0.1, 0.15) is 0 Å². The van der Waals surface area contributed by atoms with Crippen LogP contribution < -0.4 is 5.32 Å². The Kier molecular flexibility index (Phi) is 4.27. The first-order valence-electron chi connectivity index (χ1n) is 7.17. The summed E-state index contributed by atoms with van der Waals surface area (Å²) in [6, 6.07) is 14.7. The highest BCUT2D eigenvalue weighted by atomic mass is 19.2. The van der Waals surface area contributed by atoms with Crippen molar-refractivity contribution < 1.29 is 8.78 Å². The summed E-state index contributed by atoms with van der Waals surface area (Å²) in [4.78, 5) is 2.30. The maximum Gasteiger partial charge on any atom is 0.159 e. The monoisotopic (exact) mass is 288 g/mol. The number of nitrogens with zero attached hydrogens (tertiary/aromatic N) is 1. The predicted octanol–water partition coefficient (Wildman–Crippen LogP) is 3.11. The van der Waals surface area contributed by atoms with Crippen LogP contribution in [0.25, 0.3) is 0 Å². The second kappa shape index (κ2) is 6.33. The zero-order valence-corrected chi connectivity index (χ0v) is 11.7. The molecule has 1 unspecified atom stereocenters. The Bertz CT molecular complexity index is 601. The van der Waals surface area contributed by atoms with E-state index in [4.69, 9.17) is 0 Å². The number of hydrogen-bond acceptors (Lipinski definition) is 2. The highest BCUT2D eigenvalue weighted by Gasteiger charge is 2.23. The van der Waals surface area contributed by atoms with E-state index in [1.54, 1.807) is 6.07 Å². The van der Waals surface area contributed by atoms with Crippen molar-refractivity contribution in [3.8, 4) is 0 Å². The fourth-order valence-corrected chi connectivity index (χ4v) is 2.81. The summed E-state index contributed by atoms with van der Waals surface area (Å²) in [6.07, 6.45) is 0. The lowest BCUT2D eigenvalue weighted by atomic mass is 10.0. The maximum absolute atomic E-state index is 13.3. The minimum Gasteiger partial charge on any atom is -0.314 e. The van der Waals surface area contributed by atoms with Crippen LogP contribution in [0, 0.1) is 11.6 Å². The van der Waals surface area contributed by atoms with Crippen LogP contribution in [0.4, 0.5) is 8.78 Å².